The van der Waals surface area contributed by atoms with E-state index in [9.17, 15) is 0 Å². The Kier molecular flexibility index (Phi) is 2.82. The van der Waals surface area contributed by atoms with Crippen LogP contribution in [0.5, 0.6) is 0 Å². The SMILES string of the molecule is N#Cc1csc2c(S)ccc(CBr)c12. The molecule has 1 aromatic carbocycles. The molecule has 0 saturated heterocycles. The summed E-state index contributed by atoms with van der Waals surface area (Å²) in [5, 5.41) is 12.6. The molecular weight excluding hydrogens is 278 g/mol. The highest BCUT2D eigenvalue weighted by molar-refractivity contribution is 9.08. The highest BCUT2D eigenvalue weighted by Crippen LogP contribution is 2.34. The van der Waals surface area contributed by atoms with Gasteiger partial charge in [-0.25, -0.2) is 0 Å². The molecule has 0 aliphatic carbocycles. The summed E-state index contributed by atoms with van der Waals surface area (Å²) in [5.74, 6) is 0. The Morgan fingerprint density at radius 3 is 2.93 bits per heavy atom. The molecule has 0 bridgehead atoms. The summed E-state index contributed by atoms with van der Waals surface area (Å²) >= 11 is 9.37. The Hall–Kier alpha value is -0.500. The summed E-state index contributed by atoms with van der Waals surface area (Å²) in [7, 11) is 0. The first kappa shape index (κ1) is 10.0. The molecule has 0 amide bonds. The van der Waals surface area contributed by atoms with Crippen molar-refractivity contribution in [2.75, 3.05) is 0 Å². The fourth-order valence-corrected chi connectivity index (χ4v) is 3.16. The molecule has 0 aliphatic heterocycles. The third-order valence-corrected chi connectivity index (χ3v) is 4.19. The van der Waals surface area contributed by atoms with Gasteiger partial charge in [0.05, 0.1) is 5.56 Å². The number of nitrogens with zero attached hydrogens (tertiary/aromatic N) is 1. The maximum absolute atomic E-state index is 8.95. The Morgan fingerprint density at radius 2 is 2.29 bits per heavy atom. The van der Waals surface area contributed by atoms with E-state index >= 15 is 0 Å². The van der Waals surface area contributed by atoms with Crippen molar-refractivity contribution in [3.05, 3.63) is 28.6 Å². The van der Waals surface area contributed by atoms with Crippen LogP contribution in [0.25, 0.3) is 10.1 Å². The van der Waals surface area contributed by atoms with Gasteiger partial charge in [-0.3, -0.25) is 0 Å². The zero-order valence-electron chi connectivity index (χ0n) is 7.12. The van der Waals surface area contributed by atoms with E-state index in [4.69, 9.17) is 5.26 Å². The van der Waals surface area contributed by atoms with Gasteiger partial charge in [0.15, 0.2) is 0 Å². The van der Waals surface area contributed by atoms with E-state index < -0.39 is 0 Å². The zero-order chi connectivity index (χ0) is 10.1. The van der Waals surface area contributed by atoms with Gasteiger partial charge in [0, 0.05) is 25.7 Å². The molecule has 14 heavy (non-hydrogen) atoms. The lowest BCUT2D eigenvalue weighted by molar-refractivity contribution is 1.44. The first-order chi connectivity index (χ1) is 6.77. The van der Waals surface area contributed by atoms with Gasteiger partial charge in [0.1, 0.15) is 6.07 Å². The Labute approximate surface area is 99.9 Å². The second-order valence-corrected chi connectivity index (χ2v) is 4.76. The minimum atomic E-state index is 0.746. The number of halogens is 1. The maximum Gasteiger partial charge on any atom is 0.101 e. The number of thiophene rings is 1. The van der Waals surface area contributed by atoms with Gasteiger partial charge in [0.25, 0.3) is 0 Å². The lowest BCUT2D eigenvalue weighted by Crippen LogP contribution is -1.81. The molecule has 2 rings (SSSR count). The minimum Gasteiger partial charge on any atom is -0.192 e. The molecule has 0 N–H and O–H groups in total. The van der Waals surface area contributed by atoms with E-state index in [0.29, 0.717) is 0 Å². The van der Waals surface area contributed by atoms with Crippen molar-refractivity contribution in [3.63, 3.8) is 0 Å². The van der Waals surface area contributed by atoms with Crippen LogP contribution in [0.3, 0.4) is 0 Å². The van der Waals surface area contributed by atoms with E-state index in [1.165, 1.54) is 0 Å². The van der Waals surface area contributed by atoms with Crippen LogP contribution in [0.4, 0.5) is 0 Å². The van der Waals surface area contributed by atoms with Crippen molar-refractivity contribution >= 4 is 50.0 Å². The highest BCUT2D eigenvalue weighted by Gasteiger charge is 2.09. The molecule has 0 saturated carbocycles. The maximum atomic E-state index is 8.95. The van der Waals surface area contributed by atoms with Crippen molar-refractivity contribution < 1.29 is 0 Å². The van der Waals surface area contributed by atoms with Crippen LogP contribution in [0.1, 0.15) is 11.1 Å². The topological polar surface area (TPSA) is 23.8 Å². The Balaban J connectivity index is 2.90. The van der Waals surface area contributed by atoms with Crippen LogP contribution >= 0.6 is 39.9 Å². The van der Waals surface area contributed by atoms with E-state index in [-0.39, 0.29) is 0 Å². The largest absolute Gasteiger partial charge is 0.192 e. The van der Waals surface area contributed by atoms with Crippen molar-refractivity contribution in [1.29, 1.82) is 5.26 Å². The van der Waals surface area contributed by atoms with Crippen molar-refractivity contribution in [2.45, 2.75) is 10.2 Å². The van der Waals surface area contributed by atoms with Gasteiger partial charge in [0.2, 0.25) is 0 Å². The second kappa shape index (κ2) is 3.93. The van der Waals surface area contributed by atoms with E-state index in [2.05, 4.69) is 34.6 Å². The molecule has 1 heterocycles. The molecule has 0 atom stereocenters. The number of benzene rings is 1. The Morgan fingerprint density at radius 1 is 1.50 bits per heavy atom. The van der Waals surface area contributed by atoms with Crippen molar-refractivity contribution in [1.82, 2.24) is 0 Å². The van der Waals surface area contributed by atoms with Crippen LogP contribution < -0.4 is 0 Å². The van der Waals surface area contributed by atoms with Gasteiger partial charge < -0.3 is 0 Å². The molecule has 0 radical (unpaired) electrons. The summed E-state index contributed by atoms with van der Waals surface area (Å²) in [5.41, 5.74) is 1.89. The number of hydrogen-bond donors (Lipinski definition) is 1. The lowest BCUT2D eigenvalue weighted by Gasteiger charge is -2.01. The number of alkyl halides is 1. The number of rotatable bonds is 1. The fourth-order valence-electron chi connectivity index (χ4n) is 1.40. The van der Waals surface area contributed by atoms with Gasteiger partial charge in [-0.05, 0) is 11.6 Å². The van der Waals surface area contributed by atoms with E-state index in [1.807, 2.05) is 17.5 Å². The van der Waals surface area contributed by atoms with Crippen LogP contribution in [-0.4, -0.2) is 0 Å². The molecule has 70 valence electrons. The van der Waals surface area contributed by atoms with Gasteiger partial charge in [-0.2, -0.15) is 5.26 Å². The molecule has 4 heteroatoms. The zero-order valence-corrected chi connectivity index (χ0v) is 10.4. The average Bonchev–Trinajstić information content (AvgIpc) is 2.63. The molecule has 0 fully saturated rings. The van der Waals surface area contributed by atoms with Crippen LogP contribution in [0.2, 0.25) is 0 Å². The quantitative estimate of drug-likeness (QED) is 0.622. The monoisotopic (exact) mass is 283 g/mol. The van der Waals surface area contributed by atoms with E-state index in [1.54, 1.807) is 11.3 Å². The van der Waals surface area contributed by atoms with Crippen molar-refractivity contribution in [3.8, 4) is 6.07 Å². The third kappa shape index (κ3) is 1.46. The molecule has 0 aliphatic rings. The number of nitriles is 1. The summed E-state index contributed by atoms with van der Waals surface area (Å²) < 4.78 is 1.10. The minimum absolute atomic E-state index is 0.746. The van der Waals surface area contributed by atoms with Gasteiger partial charge in [-0.1, -0.05) is 22.0 Å². The van der Waals surface area contributed by atoms with Gasteiger partial charge >= 0.3 is 0 Å². The Bertz CT molecular complexity index is 525. The first-order valence-electron chi connectivity index (χ1n) is 3.96. The van der Waals surface area contributed by atoms with Gasteiger partial charge in [-0.15, -0.1) is 24.0 Å². The van der Waals surface area contributed by atoms with Crippen LogP contribution in [0, 0.1) is 11.3 Å². The summed E-state index contributed by atoms with van der Waals surface area (Å²) in [6.45, 7) is 0. The normalized spacial score (nSPS) is 10.4. The number of fused-ring (bicyclic) bond motifs is 1. The molecular formula is C10H6BrNS2. The standard InChI is InChI=1S/C10H6BrNS2/c11-3-6-1-2-8(13)10-9(6)7(4-12)5-14-10/h1-2,5,13H,3H2. The lowest BCUT2D eigenvalue weighted by atomic mass is 10.1. The molecule has 0 unspecified atom stereocenters. The summed E-state index contributed by atoms with van der Waals surface area (Å²) in [6.07, 6.45) is 0. The summed E-state index contributed by atoms with van der Waals surface area (Å²) in [4.78, 5) is 0.941. The molecule has 0 spiro atoms. The number of hydrogen-bond acceptors (Lipinski definition) is 3. The first-order valence-corrected chi connectivity index (χ1v) is 6.41. The predicted octanol–water partition coefficient (Wildman–Crippen LogP) is 3.96. The second-order valence-electron chi connectivity index (χ2n) is 2.84. The fraction of sp³-hybridized carbons (Fsp3) is 0.100. The average molecular weight is 284 g/mol. The highest BCUT2D eigenvalue weighted by atomic mass is 79.9. The van der Waals surface area contributed by atoms with Crippen LogP contribution in [0.15, 0.2) is 22.4 Å². The van der Waals surface area contributed by atoms with Crippen molar-refractivity contribution in [2.24, 2.45) is 0 Å². The third-order valence-electron chi connectivity index (χ3n) is 2.05. The van der Waals surface area contributed by atoms with Crippen LogP contribution in [-0.2, 0) is 5.33 Å². The predicted molar refractivity (Wildman–Crippen MR) is 66.4 cm³/mol. The molecule has 1 nitrogen and oxygen atoms in total. The molecule has 2 aromatic rings. The van der Waals surface area contributed by atoms with E-state index in [0.717, 1.165) is 31.4 Å². The summed E-state index contributed by atoms with van der Waals surface area (Å²) in [6, 6.07) is 6.19. The number of thiol groups is 1. The molecule has 1 aromatic heterocycles. The smallest absolute Gasteiger partial charge is 0.101 e.